The van der Waals surface area contributed by atoms with Crippen LogP contribution in [0.15, 0.2) is 64.3 Å². The SMILES string of the molecule is COc1nc(-c2cccc(-c3cccc(NC(=O)c4cn(C)c(=O)n(C)c4=O)c3C)c2Cl)ccc1CN1CC[C@@](C)(O)C1. The third-order valence-corrected chi connectivity index (χ3v) is 8.30. The first kappa shape index (κ1) is 30.2. The quantitative estimate of drug-likeness (QED) is 0.328. The number of carbonyl (C=O) groups excluding carboxylic acids is 1. The van der Waals surface area contributed by atoms with E-state index in [0.29, 0.717) is 35.4 Å². The lowest BCUT2D eigenvalue weighted by molar-refractivity contribution is 0.0677. The van der Waals surface area contributed by atoms with Crippen molar-refractivity contribution < 1.29 is 14.6 Å². The molecule has 3 heterocycles. The Balaban J connectivity index is 1.45. The van der Waals surface area contributed by atoms with E-state index in [1.807, 2.05) is 50.2 Å². The summed E-state index contributed by atoms with van der Waals surface area (Å²) in [6.45, 7) is 5.71. The van der Waals surface area contributed by atoms with Crippen LogP contribution in [-0.4, -0.2) is 55.8 Å². The van der Waals surface area contributed by atoms with E-state index in [1.54, 1.807) is 19.2 Å². The van der Waals surface area contributed by atoms with E-state index in [1.165, 1.54) is 24.9 Å². The summed E-state index contributed by atoms with van der Waals surface area (Å²) in [7, 11) is 4.40. The van der Waals surface area contributed by atoms with Gasteiger partial charge in [0.15, 0.2) is 0 Å². The van der Waals surface area contributed by atoms with Gasteiger partial charge in [0.2, 0.25) is 5.88 Å². The van der Waals surface area contributed by atoms with Crippen molar-refractivity contribution in [1.29, 1.82) is 0 Å². The van der Waals surface area contributed by atoms with Gasteiger partial charge in [-0.3, -0.25) is 19.1 Å². The molecule has 10 nitrogen and oxygen atoms in total. The van der Waals surface area contributed by atoms with Crippen molar-refractivity contribution in [2.24, 2.45) is 14.1 Å². The molecule has 2 N–H and O–H groups in total. The Morgan fingerprint density at radius 1 is 1.09 bits per heavy atom. The molecule has 0 spiro atoms. The fraction of sp³-hybridized carbons (Fsp3) is 0.312. The molecule has 2 aromatic carbocycles. The maximum Gasteiger partial charge on any atom is 0.330 e. The third kappa shape index (κ3) is 5.99. The van der Waals surface area contributed by atoms with Crippen LogP contribution in [0.4, 0.5) is 5.69 Å². The number of aromatic nitrogens is 3. The normalized spacial score (nSPS) is 16.8. The number of rotatable bonds is 7. The van der Waals surface area contributed by atoms with Crippen LogP contribution in [-0.2, 0) is 20.6 Å². The minimum atomic E-state index is -0.689. The molecule has 4 aromatic rings. The van der Waals surface area contributed by atoms with Gasteiger partial charge in [-0.1, -0.05) is 48.0 Å². The van der Waals surface area contributed by atoms with Crippen molar-refractivity contribution in [2.45, 2.75) is 32.4 Å². The predicted molar refractivity (Wildman–Crippen MR) is 167 cm³/mol. The fourth-order valence-electron chi connectivity index (χ4n) is 5.49. The van der Waals surface area contributed by atoms with Gasteiger partial charge in [0.25, 0.3) is 11.5 Å². The Bertz CT molecular complexity index is 1850. The lowest BCUT2D eigenvalue weighted by Crippen LogP contribution is -2.40. The zero-order valence-electron chi connectivity index (χ0n) is 24.8. The van der Waals surface area contributed by atoms with Crippen LogP contribution in [0, 0.1) is 6.92 Å². The van der Waals surface area contributed by atoms with Gasteiger partial charge in [-0.25, -0.2) is 9.78 Å². The number of likely N-dealkylation sites (tertiary alicyclic amines) is 1. The van der Waals surface area contributed by atoms with E-state index in [0.717, 1.165) is 45.3 Å². The molecule has 224 valence electrons. The summed E-state index contributed by atoms with van der Waals surface area (Å²) in [6.07, 6.45) is 1.96. The summed E-state index contributed by atoms with van der Waals surface area (Å²) >= 11 is 7.00. The van der Waals surface area contributed by atoms with Gasteiger partial charge in [-0.05, 0) is 43.5 Å². The second-order valence-corrected chi connectivity index (χ2v) is 11.6. The van der Waals surface area contributed by atoms with Crippen LogP contribution < -0.4 is 21.3 Å². The summed E-state index contributed by atoms with van der Waals surface area (Å²) in [5, 5.41) is 13.6. The molecule has 43 heavy (non-hydrogen) atoms. The molecular weight excluding hydrogens is 570 g/mol. The molecule has 0 unspecified atom stereocenters. The molecule has 5 rings (SSSR count). The maximum absolute atomic E-state index is 13.1. The molecule has 1 fully saturated rings. The van der Waals surface area contributed by atoms with Crippen molar-refractivity contribution in [3.63, 3.8) is 0 Å². The highest BCUT2D eigenvalue weighted by atomic mass is 35.5. The third-order valence-electron chi connectivity index (χ3n) is 7.90. The Hall–Kier alpha value is -4.25. The maximum atomic E-state index is 13.1. The summed E-state index contributed by atoms with van der Waals surface area (Å²) in [5.41, 5.74) is 3.05. The summed E-state index contributed by atoms with van der Waals surface area (Å²) in [6, 6.07) is 15.0. The van der Waals surface area contributed by atoms with Crippen LogP contribution in [0.3, 0.4) is 0 Å². The van der Waals surface area contributed by atoms with Crippen LogP contribution in [0.1, 0.15) is 34.8 Å². The number of methoxy groups -OCH3 is 1. The van der Waals surface area contributed by atoms with E-state index in [2.05, 4.69) is 10.2 Å². The first-order valence-corrected chi connectivity index (χ1v) is 14.2. The number of amides is 1. The summed E-state index contributed by atoms with van der Waals surface area (Å²) in [5.74, 6) is -0.124. The number of carbonyl (C=O) groups is 1. The largest absolute Gasteiger partial charge is 0.481 e. The minimum absolute atomic E-state index is 0.145. The van der Waals surface area contributed by atoms with Crippen molar-refractivity contribution in [1.82, 2.24) is 19.0 Å². The number of nitrogens with zero attached hydrogens (tertiary/aromatic N) is 4. The van der Waals surface area contributed by atoms with E-state index in [4.69, 9.17) is 21.3 Å². The molecule has 0 aliphatic carbocycles. The highest BCUT2D eigenvalue weighted by molar-refractivity contribution is 6.36. The van der Waals surface area contributed by atoms with E-state index < -0.39 is 22.8 Å². The molecule has 1 atom stereocenters. The first-order chi connectivity index (χ1) is 20.4. The zero-order valence-corrected chi connectivity index (χ0v) is 25.5. The van der Waals surface area contributed by atoms with Crippen LogP contribution in [0.2, 0.25) is 5.02 Å². The molecule has 2 aromatic heterocycles. The fourth-order valence-corrected chi connectivity index (χ4v) is 5.81. The van der Waals surface area contributed by atoms with Gasteiger partial charge >= 0.3 is 5.69 Å². The van der Waals surface area contributed by atoms with Crippen molar-refractivity contribution >= 4 is 23.2 Å². The summed E-state index contributed by atoms with van der Waals surface area (Å²) < 4.78 is 7.73. The average Bonchev–Trinajstić information content (AvgIpc) is 3.33. The van der Waals surface area contributed by atoms with E-state index in [-0.39, 0.29) is 5.56 Å². The number of nitrogens with one attached hydrogen (secondary N) is 1. The van der Waals surface area contributed by atoms with Gasteiger partial charge in [-0.2, -0.15) is 0 Å². The highest BCUT2D eigenvalue weighted by Gasteiger charge is 2.31. The Labute approximate surface area is 254 Å². The number of aliphatic hydroxyl groups is 1. The minimum Gasteiger partial charge on any atom is -0.481 e. The van der Waals surface area contributed by atoms with Gasteiger partial charge in [0.1, 0.15) is 5.56 Å². The monoisotopic (exact) mass is 603 g/mol. The van der Waals surface area contributed by atoms with Crippen LogP contribution >= 0.6 is 11.6 Å². The molecule has 11 heteroatoms. The number of ether oxygens (including phenoxy) is 1. The number of anilines is 1. The number of pyridine rings is 1. The average molecular weight is 604 g/mol. The van der Waals surface area contributed by atoms with Crippen molar-refractivity contribution in [3.8, 4) is 28.3 Å². The number of hydrogen-bond acceptors (Lipinski definition) is 7. The van der Waals surface area contributed by atoms with Gasteiger partial charge in [0.05, 0.1) is 23.4 Å². The predicted octanol–water partition coefficient (Wildman–Crippen LogP) is 3.99. The van der Waals surface area contributed by atoms with Crippen molar-refractivity contribution in [3.05, 3.63) is 97.3 Å². The van der Waals surface area contributed by atoms with Gasteiger partial charge in [0, 0.05) is 62.3 Å². The molecule has 1 amide bonds. The molecule has 1 aliphatic rings. The van der Waals surface area contributed by atoms with Gasteiger partial charge < -0.3 is 19.7 Å². The molecular formula is C32H34ClN5O5. The molecule has 1 saturated heterocycles. The molecule has 0 radical (unpaired) electrons. The Morgan fingerprint density at radius 3 is 2.49 bits per heavy atom. The number of aryl methyl sites for hydroxylation is 1. The van der Waals surface area contributed by atoms with E-state index >= 15 is 0 Å². The summed E-state index contributed by atoms with van der Waals surface area (Å²) in [4.78, 5) is 44.7. The number of hydrogen-bond donors (Lipinski definition) is 2. The zero-order chi connectivity index (χ0) is 31.1. The Kier molecular flexibility index (Phi) is 8.29. The molecule has 0 bridgehead atoms. The smallest absolute Gasteiger partial charge is 0.330 e. The number of benzene rings is 2. The standard InChI is InChI=1S/C32H34ClN5O5/c1-19-21(8-7-11-25(19)34-28(39)24-17-36(3)31(41)37(4)30(24)40)22-9-6-10-23(27(22)33)26-13-12-20(29(35-26)43-5)16-38-15-14-32(2,42)18-38/h6-13,17,42H,14-16,18H2,1-5H3,(H,34,39)/t32-/m1/s1. The van der Waals surface area contributed by atoms with Gasteiger partial charge in [-0.15, -0.1) is 0 Å². The lowest BCUT2D eigenvalue weighted by Gasteiger charge is -2.20. The highest BCUT2D eigenvalue weighted by Crippen LogP contribution is 2.39. The van der Waals surface area contributed by atoms with Crippen LogP contribution in [0.25, 0.3) is 22.4 Å². The molecule has 1 aliphatic heterocycles. The number of β-amino-alcohol motifs (C(OH)–C–C–N with tert-alkyl or cyclic N) is 1. The first-order valence-electron chi connectivity index (χ1n) is 13.9. The van der Waals surface area contributed by atoms with Crippen LogP contribution in [0.5, 0.6) is 5.88 Å². The lowest BCUT2D eigenvalue weighted by atomic mass is 9.96. The second-order valence-electron chi connectivity index (χ2n) is 11.2. The Morgan fingerprint density at radius 2 is 1.79 bits per heavy atom. The topological polar surface area (TPSA) is 119 Å². The van der Waals surface area contributed by atoms with Crippen molar-refractivity contribution in [2.75, 3.05) is 25.5 Å². The number of halogens is 1. The van der Waals surface area contributed by atoms with E-state index in [9.17, 15) is 19.5 Å². The second kappa shape index (κ2) is 11.8. The molecule has 0 saturated carbocycles.